The van der Waals surface area contributed by atoms with Gasteiger partial charge in [0.25, 0.3) is 0 Å². The van der Waals surface area contributed by atoms with Crippen molar-refractivity contribution in [3.63, 3.8) is 0 Å². The predicted octanol–water partition coefficient (Wildman–Crippen LogP) is -5.67. The van der Waals surface area contributed by atoms with Gasteiger partial charge in [0.2, 0.25) is 11.8 Å². The molecule has 0 spiro atoms. The van der Waals surface area contributed by atoms with Gasteiger partial charge in [-0.15, -0.1) is 0 Å². The zero-order valence-electron chi connectivity index (χ0n) is 25.7. The summed E-state index contributed by atoms with van der Waals surface area (Å²) >= 11 is 0. The Labute approximate surface area is 269 Å². The van der Waals surface area contributed by atoms with Crippen LogP contribution in [0.15, 0.2) is 30.3 Å². The van der Waals surface area contributed by atoms with E-state index in [0.717, 1.165) is 13.8 Å². The van der Waals surface area contributed by atoms with Crippen LogP contribution in [0.4, 0.5) is 0 Å². The van der Waals surface area contributed by atoms with Crippen molar-refractivity contribution in [1.82, 2.24) is 10.6 Å². The highest BCUT2D eigenvalue weighted by Crippen LogP contribution is 2.40. The summed E-state index contributed by atoms with van der Waals surface area (Å²) in [5.74, 6) is -3.58. The summed E-state index contributed by atoms with van der Waals surface area (Å²) in [6, 6.07) is 5.32. The van der Waals surface area contributed by atoms with E-state index < -0.39 is 123 Å². The summed E-state index contributed by atoms with van der Waals surface area (Å²) in [5.41, 5.74) is 0.508. The van der Waals surface area contributed by atoms with Crippen molar-refractivity contribution in [3.8, 4) is 0 Å². The van der Waals surface area contributed by atoms with E-state index in [9.17, 15) is 55.5 Å². The summed E-state index contributed by atoms with van der Waals surface area (Å²) < 4.78 is 29.9. The molecule has 18 heteroatoms. The van der Waals surface area contributed by atoms with E-state index in [1.54, 1.807) is 30.3 Å². The highest BCUT2D eigenvalue weighted by atomic mass is 16.8. The van der Waals surface area contributed by atoms with Crippen LogP contribution < -0.4 is 10.6 Å². The monoisotopic (exact) mass is 676 g/mol. The van der Waals surface area contributed by atoms with Crippen molar-refractivity contribution in [2.24, 2.45) is 0 Å². The first-order valence-electron chi connectivity index (χ1n) is 15.1. The lowest BCUT2D eigenvalue weighted by Crippen LogP contribution is -2.75. The van der Waals surface area contributed by atoms with Gasteiger partial charge in [-0.25, -0.2) is 0 Å². The van der Waals surface area contributed by atoms with Gasteiger partial charge >= 0.3 is 0 Å². The molecule has 4 rings (SSSR count). The molecule has 1 aromatic rings. The van der Waals surface area contributed by atoms with Crippen molar-refractivity contribution in [3.05, 3.63) is 35.9 Å². The maximum absolute atomic E-state index is 12.7. The average molecular weight is 677 g/mol. The van der Waals surface area contributed by atoms with Crippen LogP contribution in [0.3, 0.4) is 0 Å². The Kier molecular flexibility index (Phi) is 12.6. The number of carbonyl (C=O) groups excluding carboxylic acids is 2. The van der Waals surface area contributed by atoms with Crippen LogP contribution in [-0.4, -0.2) is 169 Å². The number of carbonyl (C=O) groups is 2. The lowest BCUT2D eigenvalue weighted by molar-refractivity contribution is -0.407. The lowest BCUT2D eigenvalue weighted by atomic mass is 9.85. The molecule has 47 heavy (non-hydrogen) atoms. The van der Waals surface area contributed by atoms with Gasteiger partial charge in [-0.1, -0.05) is 30.3 Å². The van der Waals surface area contributed by atoms with Crippen molar-refractivity contribution in [2.45, 2.75) is 112 Å². The van der Waals surface area contributed by atoms with Crippen molar-refractivity contribution < 1.29 is 79.2 Å². The topological polar surface area (TPSA) is 286 Å². The molecule has 18 nitrogen and oxygen atoms in total. The largest absolute Gasteiger partial charge is 0.394 e. The summed E-state index contributed by atoms with van der Waals surface area (Å²) in [5, 5.41) is 99.2. The van der Waals surface area contributed by atoms with Gasteiger partial charge in [-0.3, -0.25) is 9.59 Å². The molecule has 2 amide bonds. The number of ether oxygens (including phenoxy) is 5. The molecular formula is C29H44N2O16. The highest BCUT2D eigenvalue weighted by Gasteiger charge is 2.60. The fourth-order valence-electron chi connectivity index (χ4n) is 6.05. The minimum Gasteiger partial charge on any atom is -0.394 e. The van der Waals surface area contributed by atoms with E-state index in [-0.39, 0.29) is 6.42 Å². The Bertz CT molecular complexity index is 1180. The van der Waals surface area contributed by atoms with Crippen molar-refractivity contribution in [1.29, 1.82) is 0 Å². The molecule has 0 aliphatic carbocycles. The summed E-state index contributed by atoms with van der Waals surface area (Å²) in [7, 11) is 0. The molecule has 0 aromatic heterocycles. The summed E-state index contributed by atoms with van der Waals surface area (Å²) in [6.07, 6.45) is -20.6. The molecule has 0 radical (unpaired) electrons. The second-order valence-corrected chi connectivity index (χ2v) is 11.8. The van der Waals surface area contributed by atoms with Gasteiger partial charge in [0.15, 0.2) is 18.4 Å². The van der Waals surface area contributed by atoms with Gasteiger partial charge in [-0.2, -0.15) is 0 Å². The number of nitrogens with one attached hydrogen (secondary N) is 2. The molecule has 3 fully saturated rings. The number of aliphatic hydroxyl groups is 9. The van der Waals surface area contributed by atoms with Gasteiger partial charge in [0, 0.05) is 20.3 Å². The number of amides is 2. The van der Waals surface area contributed by atoms with Crippen LogP contribution in [0.2, 0.25) is 0 Å². The van der Waals surface area contributed by atoms with E-state index in [1.807, 2.05) is 0 Å². The molecule has 11 N–H and O–H groups in total. The average Bonchev–Trinajstić information content (AvgIpc) is 3.04. The van der Waals surface area contributed by atoms with Crippen LogP contribution in [0.25, 0.3) is 0 Å². The van der Waals surface area contributed by atoms with Crippen LogP contribution in [0, 0.1) is 0 Å². The normalized spacial score (nSPS) is 42.4. The van der Waals surface area contributed by atoms with Gasteiger partial charge < -0.3 is 80.3 Å². The molecule has 15 unspecified atom stereocenters. The number of benzene rings is 1. The van der Waals surface area contributed by atoms with Crippen LogP contribution in [-0.2, 0) is 39.7 Å². The van der Waals surface area contributed by atoms with Gasteiger partial charge in [0.05, 0.1) is 19.8 Å². The number of hydrogen-bond acceptors (Lipinski definition) is 16. The standard InChI is InChI=1S/C29H44N2O16/c1-12(35)30-18-22(40)19(37)15(9-32)43-27(18)47-29(8-14-6-4-3-5-7-14)26(31-13(2)36)25(21(39)17(11-34)46-29)45-28-24(42)23(41)20(38)16(10-33)44-28/h3-7,15-28,32-34,37-42H,8-11H2,1-2H3,(H,30,35)(H,31,36). The van der Waals surface area contributed by atoms with Gasteiger partial charge in [-0.05, 0) is 5.56 Å². The SMILES string of the molecule is CC(=O)NC1C(OC2(Cc3ccccc3)OC(CO)C(O)C(OC3OC(CO)C(O)C(O)C3O)C2NC(C)=O)OC(CO)C(O)C1O. The molecule has 3 saturated heterocycles. The fourth-order valence-corrected chi connectivity index (χ4v) is 6.05. The third-order valence-electron chi connectivity index (χ3n) is 8.41. The fraction of sp³-hybridized carbons (Fsp3) is 0.724. The predicted molar refractivity (Wildman–Crippen MR) is 154 cm³/mol. The summed E-state index contributed by atoms with van der Waals surface area (Å²) in [6.45, 7) is -0.174. The molecule has 266 valence electrons. The zero-order chi connectivity index (χ0) is 34.6. The highest BCUT2D eigenvalue weighted by molar-refractivity contribution is 5.74. The first-order chi connectivity index (χ1) is 22.3. The Hall–Kier alpha value is -2.40. The summed E-state index contributed by atoms with van der Waals surface area (Å²) in [4.78, 5) is 24.9. The van der Waals surface area contributed by atoms with Crippen LogP contribution in [0.5, 0.6) is 0 Å². The Balaban J connectivity index is 1.84. The Morgan fingerprint density at radius 2 is 1.28 bits per heavy atom. The Morgan fingerprint density at radius 1 is 0.723 bits per heavy atom. The number of rotatable bonds is 11. The zero-order valence-corrected chi connectivity index (χ0v) is 25.7. The number of hydrogen-bond donors (Lipinski definition) is 11. The van der Waals surface area contributed by atoms with Crippen molar-refractivity contribution >= 4 is 11.8 Å². The Morgan fingerprint density at radius 3 is 1.83 bits per heavy atom. The molecular weight excluding hydrogens is 632 g/mol. The first kappa shape index (κ1) is 37.4. The number of aliphatic hydroxyl groups excluding tert-OH is 9. The van der Waals surface area contributed by atoms with E-state index in [0.29, 0.717) is 5.56 Å². The molecule has 15 atom stereocenters. The third-order valence-corrected chi connectivity index (χ3v) is 8.41. The first-order valence-corrected chi connectivity index (χ1v) is 15.1. The smallest absolute Gasteiger partial charge is 0.217 e. The van der Waals surface area contributed by atoms with Crippen LogP contribution in [0.1, 0.15) is 19.4 Å². The maximum Gasteiger partial charge on any atom is 0.217 e. The van der Waals surface area contributed by atoms with Crippen LogP contribution >= 0.6 is 0 Å². The molecule has 3 heterocycles. The molecule has 1 aromatic carbocycles. The second-order valence-electron chi connectivity index (χ2n) is 11.8. The lowest BCUT2D eigenvalue weighted by Gasteiger charge is -2.55. The van der Waals surface area contributed by atoms with E-state index in [2.05, 4.69) is 10.6 Å². The molecule has 0 saturated carbocycles. The molecule has 3 aliphatic rings. The minimum atomic E-state index is -2.22. The quantitative estimate of drug-likeness (QED) is 0.104. The third kappa shape index (κ3) is 8.09. The van der Waals surface area contributed by atoms with E-state index >= 15 is 0 Å². The van der Waals surface area contributed by atoms with E-state index in [1.165, 1.54) is 0 Å². The minimum absolute atomic E-state index is 0.286. The molecule has 3 aliphatic heterocycles. The maximum atomic E-state index is 12.7. The van der Waals surface area contributed by atoms with E-state index in [4.69, 9.17) is 23.7 Å². The van der Waals surface area contributed by atoms with Gasteiger partial charge in [0.1, 0.15) is 73.1 Å². The molecule has 0 bridgehead atoms. The van der Waals surface area contributed by atoms with Crippen molar-refractivity contribution in [2.75, 3.05) is 19.8 Å². The second kappa shape index (κ2) is 15.9.